The number of rotatable bonds is 6. The van der Waals surface area contributed by atoms with Crippen LogP contribution in [-0.4, -0.2) is 60.2 Å². The van der Waals surface area contributed by atoms with E-state index in [0.717, 1.165) is 16.5 Å². The van der Waals surface area contributed by atoms with Gasteiger partial charge in [0.2, 0.25) is 0 Å². The van der Waals surface area contributed by atoms with E-state index < -0.39 is 5.97 Å². The summed E-state index contributed by atoms with van der Waals surface area (Å²) in [5, 5.41) is 3.77. The number of nitrogens with zero attached hydrogens (tertiary/aromatic N) is 2. The number of benzene rings is 1. The van der Waals surface area contributed by atoms with Crippen LogP contribution in [0.5, 0.6) is 0 Å². The lowest BCUT2D eigenvalue weighted by Crippen LogP contribution is -2.47. The molecule has 1 aliphatic rings. The lowest BCUT2D eigenvalue weighted by atomic mass is 10.0. The number of nitrogens with one attached hydrogen (secondary N) is 1. The molecule has 1 aromatic carbocycles. The van der Waals surface area contributed by atoms with Gasteiger partial charge in [-0.25, -0.2) is 9.59 Å². The number of ether oxygens (including phenoxy) is 2. The van der Waals surface area contributed by atoms with Gasteiger partial charge in [0.05, 0.1) is 23.4 Å². The average molecular weight is 428 g/mol. The zero-order valence-corrected chi connectivity index (χ0v) is 18.3. The van der Waals surface area contributed by atoms with Gasteiger partial charge in [0, 0.05) is 24.5 Å². The highest BCUT2D eigenvalue weighted by Crippen LogP contribution is 2.24. The second kappa shape index (κ2) is 10.2. The van der Waals surface area contributed by atoms with Crippen LogP contribution in [0.4, 0.5) is 4.79 Å². The third kappa shape index (κ3) is 5.31. The molecule has 2 heterocycles. The molecule has 1 saturated heterocycles. The molecular weight excluding hydrogens is 398 g/mol. The third-order valence-corrected chi connectivity index (χ3v) is 5.49. The normalized spacial score (nSPS) is 14.4. The number of likely N-dealkylation sites (tertiary alicyclic amines) is 1. The molecule has 0 atom stereocenters. The Morgan fingerprint density at radius 2 is 1.84 bits per heavy atom. The Hall–Kier alpha value is -3.16. The molecule has 0 saturated carbocycles. The number of aromatic nitrogens is 1. The molecule has 0 unspecified atom stereocenters. The van der Waals surface area contributed by atoms with E-state index in [1.54, 1.807) is 11.8 Å². The van der Waals surface area contributed by atoms with E-state index in [1.807, 2.05) is 38.1 Å². The maximum Gasteiger partial charge on any atom is 0.409 e. The summed E-state index contributed by atoms with van der Waals surface area (Å²) in [4.78, 5) is 43.0. The number of carbonyl (C=O) groups is 3. The first kappa shape index (κ1) is 22.5. The minimum Gasteiger partial charge on any atom is -0.452 e. The van der Waals surface area contributed by atoms with Gasteiger partial charge in [-0.1, -0.05) is 25.1 Å². The lowest BCUT2D eigenvalue weighted by Gasteiger charge is -2.31. The van der Waals surface area contributed by atoms with Gasteiger partial charge < -0.3 is 19.7 Å². The monoisotopic (exact) mass is 427 g/mol. The Bertz CT molecular complexity index is 967. The summed E-state index contributed by atoms with van der Waals surface area (Å²) in [6.07, 6.45) is 1.52. The number of amides is 2. The molecule has 1 aromatic heterocycles. The van der Waals surface area contributed by atoms with Gasteiger partial charge in [0.1, 0.15) is 0 Å². The Balaban J connectivity index is 1.56. The highest BCUT2D eigenvalue weighted by Gasteiger charge is 2.25. The van der Waals surface area contributed by atoms with Crippen molar-refractivity contribution in [2.24, 2.45) is 0 Å². The number of hydrogen-bond acceptors (Lipinski definition) is 6. The van der Waals surface area contributed by atoms with Gasteiger partial charge in [-0.05, 0) is 44.7 Å². The van der Waals surface area contributed by atoms with Crippen LogP contribution < -0.4 is 5.32 Å². The molecule has 1 fully saturated rings. The van der Waals surface area contributed by atoms with Gasteiger partial charge in [-0.15, -0.1) is 0 Å². The standard InChI is InChI=1S/C23H29N3O5/c1-4-18-21(15(3)17-8-6-7-9-19(17)25-18)22(28)31-14-20(27)24-16-10-12-26(13-11-16)23(29)30-5-2/h6-9,16H,4-5,10-14H2,1-3H3,(H,24,27). The molecule has 0 spiro atoms. The second-order valence-corrected chi connectivity index (χ2v) is 7.53. The van der Waals surface area contributed by atoms with Crippen LogP contribution >= 0.6 is 0 Å². The minimum absolute atomic E-state index is 0.0628. The van der Waals surface area contributed by atoms with Crippen LogP contribution in [0.2, 0.25) is 0 Å². The van der Waals surface area contributed by atoms with E-state index >= 15 is 0 Å². The molecule has 0 bridgehead atoms. The first-order valence-corrected chi connectivity index (χ1v) is 10.7. The summed E-state index contributed by atoms with van der Waals surface area (Å²) in [7, 11) is 0. The summed E-state index contributed by atoms with van der Waals surface area (Å²) in [6, 6.07) is 7.58. The maximum atomic E-state index is 12.8. The molecule has 31 heavy (non-hydrogen) atoms. The van der Waals surface area contributed by atoms with E-state index in [0.29, 0.717) is 50.2 Å². The topological polar surface area (TPSA) is 97.8 Å². The molecule has 2 amide bonds. The molecule has 2 aromatic rings. The lowest BCUT2D eigenvalue weighted by molar-refractivity contribution is -0.125. The number of pyridine rings is 1. The predicted molar refractivity (Wildman–Crippen MR) is 116 cm³/mol. The van der Waals surface area contributed by atoms with E-state index in [4.69, 9.17) is 9.47 Å². The van der Waals surface area contributed by atoms with E-state index in [2.05, 4.69) is 10.3 Å². The first-order valence-electron chi connectivity index (χ1n) is 10.7. The second-order valence-electron chi connectivity index (χ2n) is 7.53. The molecular formula is C23H29N3O5. The first-order chi connectivity index (χ1) is 14.9. The van der Waals surface area contributed by atoms with Crippen molar-refractivity contribution in [2.45, 2.75) is 46.1 Å². The van der Waals surface area contributed by atoms with Crippen molar-refractivity contribution in [3.63, 3.8) is 0 Å². The summed E-state index contributed by atoms with van der Waals surface area (Å²) in [6.45, 7) is 6.60. The highest BCUT2D eigenvalue weighted by atomic mass is 16.6. The van der Waals surface area contributed by atoms with Crippen LogP contribution in [-0.2, 0) is 20.7 Å². The zero-order chi connectivity index (χ0) is 22.4. The fourth-order valence-corrected chi connectivity index (χ4v) is 3.86. The SMILES string of the molecule is CCOC(=O)N1CCC(NC(=O)COC(=O)c2c(CC)nc3ccccc3c2C)CC1. The van der Waals surface area contributed by atoms with E-state index in [-0.39, 0.29) is 24.6 Å². The molecule has 0 radical (unpaired) electrons. The summed E-state index contributed by atoms with van der Waals surface area (Å²) in [5.74, 6) is -0.896. The third-order valence-electron chi connectivity index (χ3n) is 5.49. The van der Waals surface area contributed by atoms with E-state index in [1.165, 1.54) is 0 Å². The van der Waals surface area contributed by atoms with Gasteiger partial charge in [-0.2, -0.15) is 0 Å². The number of fused-ring (bicyclic) bond motifs is 1. The van der Waals surface area contributed by atoms with Crippen LogP contribution in [0.1, 0.15) is 48.3 Å². The Kier molecular flexibility index (Phi) is 7.44. The molecule has 3 rings (SSSR count). The Morgan fingerprint density at radius 3 is 2.52 bits per heavy atom. The van der Waals surface area contributed by atoms with Crippen molar-refractivity contribution in [3.8, 4) is 0 Å². The number of piperidine rings is 1. The van der Waals surface area contributed by atoms with E-state index in [9.17, 15) is 14.4 Å². The molecule has 8 heteroatoms. The van der Waals surface area contributed by atoms with Crippen molar-refractivity contribution < 1.29 is 23.9 Å². The van der Waals surface area contributed by atoms with Crippen molar-refractivity contribution in [3.05, 3.63) is 41.1 Å². The summed E-state index contributed by atoms with van der Waals surface area (Å²) in [5.41, 5.74) is 2.73. The molecule has 1 aliphatic heterocycles. The number of para-hydroxylation sites is 1. The van der Waals surface area contributed by atoms with Crippen LogP contribution in [0.15, 0.2) is 24.3 Å². The molecule has 1 N–H and O–H groups in total. The van der Waals surface area contributed by atoms with Crippen LogP contribution in [0.3, 0.4) is 0 Å². The van der Waals surface area contributed by atoms with Crippen molar-refractivity contribution in [1.29, 1.82) is 0 Å². The maximum absolute atomic E-state index is 12.8. The van der Waals surface area contributed by atoms with Gasteiger partial charge in [0.25, 0.3) is 5.91 Å². The fourth-order valence-electron chi connectivity index (χ4n) is 3.86. The van der Waals surface area contributed by atoms with Crippen molar-refractivity contribution >= 4 is 28.9 Å². The Morgan fingerprint density at radius 1 is 1.13 bits per heavy atom. The predicted octanol–water partition coefficient (Wildman–Crippen LogP) is 3.00. The smallest absolute Gasteiger partial charge is 0.409 e. The minimum atomic E-state index is -0.542. The van der Waals surface area contributed by atoms with Gasteiger partial charge in [-0.3, -0.25) is 9.78 Å². The van der Waals surface area contributed by atoms with Crippen LogP contribution in [0.25, 0.3) is 10.9 Å². The number of aryl methyl sites for hydroxylation is 2. The fraction of sp³-hybridized carbons (Fsp3) is 0.478. The number of esters is 1. The van der Waals surface area contributed by atoms with Crippen molar-refractivity contribution in [2.75, 3.05) is 26.3 Å². The molecule has 0 aliphatic carbocycles. The van der Waals surface area contributed by atoms with Gasteiger partial charge in [0.15, 0.2) is 6.61 Å². The molecule has 166 valence electrons. The number of hydrogen-bond donors (Lipinski definition) is 1. The highest BCUT2D eigenvalue weighted by molar-refractivity contribution is 5.99. The average Bonchev–Trinajstić information content (AvgIpc) is 2.78. The quantitative estimate of drug-likeness (QED) is 0.712. The summed E-state index contributed by atoms with van der Waals surface area (Å²) >= 11 is 0. The Labute approximate surface area is 181 Å². The number of carbonyl (C=O) groups excluding carboxylic acids is 3. The molecule has 8 nitrogen and oxygen atoms in total. The van der Waals surface area contributed by atoms with Crippen molar-refractivity contribution in [1.82, 2.24) is 15.2 Å². The zero-order valence-electron chi connectivity index (χ0n) is 18.3. The summed E-state index contributed by atoms with van der Waals surface area (Å²) < 4.78 is 10.3. The van der Waals surface area contributed by atoms with Crippen LogP contribution in [0, 0.1) is 6.92 Å². The van der Waals surface area contributed by atoms with Gasteiger partial charge >= 0.3 is 12.1 Å². The largest absolute Gasteiger partial charge is 0.452 e.